The third-order valence-corrected chi connectivity index (χ3v) is 3.00. The van der Waals surface area contributed by atoms with E-state index < -0.39 is 29.7 Å². The van der Waals surface area contributed by atoms with Crippen LogP contribution in [-0.4, -0.2) is 34.6 Å². The highest BCUT2D eigenvalue weighted by Crippen LogP contribution is 2.29. The minimum absolute atomic E-state index is 0.00673. The molecule has 2 unspecified atom stereocenters. The second kappa shape index (κ2) is 7.47. The molecule has 0 saturated heterocycles. The summed E-state index contributed by atoms with van der Waals surface area (Å²) >= 11 is 0. The van der Waals surface area contributed by atoms with Crippen LogP contribution in [0.4, 0.5) is 20.6 Å². The summed E-state index contributed by atoms with van der Waals surface area (Å²) in [7, 11) is 0. The number of nitrogens with two attached hydrogens (primary N) is 2. The van der Waals surface area contributed by atoms with Crippen molar-refractivity contribution in [2.24, 2.45) is 0 Å². The number of carbonyl (C=O) groups is 1. The van der Waals surface area contributed by atoms with Crippen LogP contribution < -0.4 is 16.8 Å². The second-order valence-electron chi connectivity index (χ2n) is 6.23. The van der Waals surface area contributed by atoms with E-state index in [-0.39, 0.29) is 29.9 Å². The number of aliphatic hydroxyl groups is 2. The summed E-state index contributed by atoms with van der Waals surface area (Å²) in [5.41, 5.74) is 10.6. The van der Waals surface area contributed by atoms with Gasteiger partial charge in [0.2, 0.25) is 0 Å². The molecule has 7 nitrogen and oxygen atoms in total. The Labute approximate surface area is 134 Å². The highest BCUT2D eigenvalue weighted by Gasteiger charge is 2.23. The van der Waals surface area contributed by atoms with Crippen LogP contribution in [0.1, 0.15) is 38.9 Å². The normalized spacial score (nSPS) is 14.2. The summed E-state index contributed by atoms with van der Waals surface area (Å²) in [6, 6.07) is 2.04. The van der Waals surface area contributed by atoms with Gasteiger partial charge in [0.05, 0.1) is 17.5 Å². The number of nitrogens with one attached hydrogen (secondary N) is 1. The van der Waals surface area contributed by atoms with Crippen LogP contribution in [0.5, 0.6) is 0 Å². The fourth-order valence-corrected chi connectivity index (χ4v) is 1.91. The Kier molecular flexibility index (Phi) is 6.17. The van der Waals surface area contributed by atoms with Gasteiger partial charge >= 0.3 is 6.09 Å². The van der Waals surface area contributed by atoms with Gasteiger partial charge in [-0.2, -0.15) is 0 Å². The molecule has 1 rings (SSSR count). The van der Waals surface area contributed by atoms with E-state index in [4.69, 9.17) is 16.2 Å². The summed E-state index contributed by atoms with van der Waals surface area (Å²) in [4.78, 5) is 11.5. The number of hydrogen-bond acceptors (Lipinski definition) is 6. The van der Waals surface area contributed by atoms with E-state index in [9.17, 15) is 19.4 Å². The molecule has 7 N–H and O–H groups in total. The van der Waals surface area contributed by atoms with E-state index in [2.05, 4.69) is 5.32 Å². The molecule has 23 heavy (non-hydrogen) atoms. The van der Waals surface area contributed by atoms with Crippen molar-refractivity contribution in [3.63, 3.8) is 0 Å². The lowest BCUT2D eigenvalue weighted by Gasteiger charge is -2.22. The summed E-state index contributed by atoms with van der Waals surface area (Å²) < 4.78 is 18.4. The minimum Gasteiger partial charge on any atom is -0.444 e. The first-order valence-electron chi connectivity index (χ1n) is 7.18. The number of ether oxygens (including phenoxy) is 1. The third kappa shape index (κ3) is 5.91. The average molecular weight is 329 g/mol. The molecule has 0 bridgehead atoms. The lowest BCUT2D eigenvalue weighted by molar-refractivity contribution is 0.0126. The van der Waals surface area contributed by atoms with Crippen LogP contribution in [0.3, 0.4) is 0 Å². The van der Waals surface area contributed by atoms with Crippen LogP contribution in [-0.2, 0) is 4.74 Å². The molecule has 0 aliphatic rings. The smallest absolute Gasteiger partial charge is 0.407 e. The number of aliphatic hydroxyl groups excluding tert-OH is 2. The van der Waals surface area contributed by atoms with Gasteiger partial charge in [0, 0.05) is 12.1 Å². The highest BCUT2D eigenvalue weighted by molar-refractivity contribution is 5.68. The van der Waals surface area contributed by atoms with Crippen molar-refractivity contribution < 1.29 is 24.1 Å². The minimum atomic E-state index is -1.42. The molecule has 1 aromatic carbocycles. The van der Waals surface area contributed by atoms with Gasteiger partial charge in [-0.25, -0.2) is 9.18 Å². The number of benzene rings is 1. The molecule has 0 spiro atoms. The number of alkyl carbamates (subject to hydrolysis) is 1. The average Bonchev–Trinajstić information content (AvgIpc) is 2.39. The molecule has 1 aromatic rings. The Bertz CT molecular complexity index is 560. The Balaban J connectivity index is 2.58. The maximum atomic E-state index is 13.3. The summed E-state index contributed by atoms with van der Waals surface area (Å²) in [6.07, 6.45) is -3.29. The highest BCUT2D eigenvalue weighted by atomic mass is 19.1. The van der Waals surface area contributed by atoms with Gasteiger partial charge in [0.1, 0.15) is 17.5 Å². The Hall–Kier alpha value is -2.06. The zero-order valence-corrected chi connectivity index (χ0v) is 13.5. The predicted molar refractivity (Wildman–Crippen MR) is 85.0 cm³/mol. The van der Waals surface area contributed by atoms with Crippen molar-refractivity contribution in [3.8, 4) is 0 Å². The number of hydrogen-bond donors (Lipinski definition) is 5. The van der Waals surface area contributed by atoms with Gasteiger partial charge in [-0.15, -0.1) is 0 Å². The molecule has 2 atom stereocenters. The van der Waals surface area contributed by atoms with Crippen LogP contribution in [0, 0.1) is 5.82 Å². The van der Waals surface area contributed by atoms with Crippen molar-refractivity contribution in [3.05, 3.63) is 23.5 Å². The SMILES string of the molecule is CC(C)(C)OC(=O)NCCC(O)C(O)c1cc(F)cc(N)c1N. The fourth-order valence-electron chi connectivity index (χ4n) is 1.91. The lowest BCUT2D eigenvalue weighted by Crippen LogP contribution is -2.34. The monoisotopic (exact) mass is 329 g/mol. The Morgan fingerprint density at radius 1 is 1.35 bits per heavy atom. The van der Waals surface area contributed by atoms with Crippen LogP contribution >= 0.6 is 0 Å². The quantitative estimate of drug-likeness (QED) is 0.518. The second-order valence-corrected chi connectivity index (χ2v) is 6.23. The van der Waals surface area contributed by atoms with Crippen molar-refractivity contribution in [2.45, 2.75) is 45.0 Å². The van der Waals surface area contributed by atoms with Gasteiger partial charge in [0.15, 0.2) is 0 Å². The molecule has 0 aliphatic carbocycles. The first-order chi connectivity index (χ1) is 10.5. The van der Waals surface area contributed by atoms with E-state index in [0.29, 0.717) is 0 Å². The summed E-state index contributed by atoms with van der Waals surface area (Å²) in [6.45, 7) is 5.24. The maximum absolute atomic E-state index is 13.3. The van der Waals surface area contributed by atoms with E-state index in [0.717, 1.165) is 12.1 Å². The van der Waals surface area contributed by atoms with Gasteiger partial charge in [-0.05, 0) is 39.3 Å². The number of rotatable bonds is 5. The molecule has 0 radical (unpaired) electrons. The zero-order valence-electron chi connectivity index (χ0n) is 13.5. The van der Waals surface area contributed by atoms with Crippen molar-refractivity contribution in [2.75, 3.05) is 18.0 Å². The number of amides is 1. The number of carbonyl (C=O) groups excluding carboxylic acids is 1. The van der Waals surface area contributed by atoms with Crippen LogP contribution in [0.2, 0.25) is 0 Å². The fraction of sp³-hybridized carbons (Fsp3) is 0.533. The first kappa shape index (κ1) is 19.0. The van der Waals surface area contributed by atoms with Crippen molar-refractivity contribution >= 4 is 17.5 Å². The lowest BCUT2D eigenvalue weighted by atomic mass is 9.99. The first-order valence-corrected chi connectivity index (χ1v) is 7.18. The van der Waals surface area contributed by atoms with E-state index >= 15 is 0 Å². The molecule has 130 valence electrons. The van der Waals surface area contributed by atoms with Crippen LogP contribution in [0.25, 0.3) is 0 Å². The Morgan fingerprint density at radius 3 is 2.52 bits per heavy atom. The number of nitrogen functional groups attached to an aromatic ring is 2. The number of halogens is 1. The zero-order chi connectivity index (χ0) is 17.8. The molecule has 8 heteroatoms. The molecule has 0 heterocycles. The van der Waals surface area contributed by atoms with E-state index in [1.165, 1.54) is 0 Å². The van der Waals surface area contributed by atoms with Crippen molar-refractivity contribution in [1.82, 2.24) is 5.32 Å². The molecule has 0 aromatic heterocycles. The summed E-state index contributed by atoms with van der Waals surface area (Å²) in [5.74, 6) is -0.662. The van der Waals surface area contributed by atoms with Gasteiger partial charge < -0.3 is 31.7 Å². The third-order valence-electron chi connectivity index (χ3n) is 3.00. The van der Waals surface area contributed by atoms with E-state index in [1.54, 1.807) is 20.8 Å². The maximum Gasteiger partial charge on any atom is 0.407 e. The van der Waals surface area contributed by atoms with Crippen LogP contribution in [0.15, 0.2) is 12.1 Å². The van der Waals surface area contributed by atoms with Gasteiger partial charge in [-0.3, -0.25) is 0 Å². The van der Waals surface area contributed by atoms with E-state index in [1.807, 2.05) is 0 Å². The number of anilines is 2. The predicted octanol–water partition coefficient (Wildman–Crippen LogP) is 1.30. The molecular weight excluding hydrogens is 305 g/mol. The topological polar surface area (TPSA) is 131 Å². The molecular formula is C15H24FN3O4. The molecule has 0 aliphatic heterocycles. The molecule has 0 saturated carbocycles. The molecule has 1 amide bonds. The van der Waals surface area contributed by atoms with Gasteiger partial charge in [0.25, 0.3) is 0 Å². The largest absolute Gasteiger partial charge is 0.444 e. The Morgan fingerprint density at radius 2 is 1.96 bits per heavy atom. The molecule has 0 fully saturated rings. The standard InChI is InChI=1S/C15H24FN3O4/c1-15(2,3)23-14(22)19-5-4-11(20)13(21)9-6-8(16)7-10(17)12(9)18/h6-7,11,13,20-21H,4-5,17-18H2,1-3H3,(H,19,22). The van der Waals surface area contributed by atoms with Gasteiger partial charge in [-0.1, -0.05) is 0 Å². The van der Waals surface area contributed by atoms with Crippen molar-refractivity contribution in [1.29, 1.82) is 0 Å². The summed E-state index contributed by atoms with van der Waals surface area (Å²) in [5, 5.41) is 22.5.